The van der Waals surface area contributed by atoms with Crippen LogP contribution in [0.25, 0.3) is 0 Å². The first-order valence-corrected chi connectivity index (χ1v) is 6.91. The fourth-order valence-corrected chi connectivity index (χ4v) is 1.99. The molecule has 0 bridgehead atoms. The normalized spacial score (nSPS) is 12.1. The van der Waals surface area contributed by atoms with Crippen LogP contribution in [0.1, 0.15) is 30.6 Å². The Hall–Kier alpha value is -2.38. The highest BCUT2D eigenvalue weighted by molar-refractivity contribution is 5.99. The standard InChI is InChI=1S/C15H19F2NO5/c1-8(2)7-10(14(20)21)18-13(19)9-5-4-6-11(22-3)12(9)23-15(16)17/h4-6,8,10,15H,7H2,1-3H3,(H,18,19)(H,20,21)/t10-/m1/s1. The number of halogens is 2. The molecule has 1 aromatic carbocycles. The molecule has 1 rings (SSSR count). The number of amides is 1. The number of methoxy groups -OCH3 is 1. The molecule has 6 nitrogen and oxygen atoms in total. The number of para-hydroxylation sites is 1. The van der Waals surface area contributed by atoms with Crippen molar-refractivity contribution in [2.24, 2.45) is 5.92 Å². The molecule has 8 heteroatoms. The van der Waals surface area contributed by atoms with Gasteiger partial charge in [-0.2, -0.15) is 8.78 Å². The quantitative estimate of drug-likeness (QED) is 0.764. The fraction of sp³-hybridized carbons (Fsp3) is 0.467. The minimum atomic E-state index is -3.15. The van der Waals surface area contributed by atoms with E-state index in [1.807, 2.05) is 0 Å². The molecule has 128 valence electrons. The highest BCUT2D eigenvalue weighted by Crippen LogP contribution is 2.32. The number of alkyl halides is 2. The molecular formula is C15H19F2NO5. The van der Waals surface area contributed by atoms with Gasteiger partial charge in [0, 0.05) is 0 Å². The van der Waals surface area contributed by atoms with Crippen molar-refractivity contribution in [3.63, 3.8) is 0 Å². The zero-order valence-electron chi connectivity index (χ0n) is 13.0. The summed E-state index contributed by atoms with van der Waals surface area (Å²) in [5.41, 5.74) is -0.223. The van der Waals surface area contributed by atoms with E-state index in [-0.39, 0.29) is 23.7 Å². The first kappa shape index (κ1) is 18.7. The third-order valence-electron chi connectivity index (χ3n) is 2.96. The van der Waals surface area contributed by atoms with Crippen molar-refractivity contribution < 1.29 is 33.0 Å². The lowest BCUT2D eigenvalue weighted by Gasteiger charge is -2.18. The molecule has 23 heavy (non-hydrogen) atoms. The summed E-state index contributed by atoms with van der Waals surface area (Å²) >= 11 is 0. The van der Waals surface area contributed by atoms with Crippen molar-refractivity contribution in [1.82, 2.24) is 5.32 Å². The number of rotatable bonds is 8. The Morgan fingerprint density at radius 3 is 2.43 bits per heavy atom. The second kappa shape index (κ2) is 8.30. The van der Waals surface area contributed by atoms with E-state index in [9.17, 15) is 18.4 Å². The van der Waals surface area contributed by atoms with E-state index >= 15 is 0 Å². The average Bonchev–Trinajstić information content (AvgIpc) is 2.45. The largest absolute Gasteiger partial charge is 0.493 e. The van der Waals surface area contributed by atoms with E-state index in [4.69, 9.17) is 9.84 Å². The van der Waals surface area contributed by atoms with Crippen LogP contribution in [0, 0.1) is 5.92 Å². The molecule has 0 radical (unpaired) electrons. The molecule has 0 heterocycles. The lowest BCUT2D eigenvalue weighted by Crippen LogP contribution is -2.41. The van der Waals surface area contributed by atoms with Crippen molar-refractivity contribution in [3.05, 3.63) is 23.8 Å². The number of nitrogens with one attached hydrogen (secondary N) is 1. The highest BCUT2D eigenvalue weighted by Gasteiger charge is 2.25. The Kier molecular flexibility index (Phi) is 6.74. The maximum absolute atomic E-state index is 12.5. The SMILES string of the molecule is COc1cccc(C(=O)N[C@H](CC(C)C)C(=O)O)c1OC(F)F. The summed E-state index contributed by atoms with van der Waals surface area (Å²) in [6.45, 7) is 0.460. The van der Waals surface area contributed by atoms with Crippen molar-refractivity contribution in [3.8, 4) is 11.5 Å². The van der Waals surface area contributed by atoms with Gasteiger partial charge in [0.15, 0.2) is 11.5 Å². The zero-order valence-corrected chi connectivity index (χ0v) is 13.0. The van der Waals surface area contributed by atoms with Gasteiger partial charge in [0.25, 0.3) is 5.91 Å². The Balaban J connectivity index is 3.08. The molecule has 0 unspecified atom stereocenters. The molecule has 0 spiro atoms. The lowest BCUT2D eigenvalue weighted by molar-refractivity contribution is -0.139. The molecule has 0 aliphatic heterocycles. The van der Waals surface area contributed by atoms with Crippen molar-refractivity contribution in [2.75, 3.05) is 7.11 Å². The van der Waals surface area contributed by atoms with Crippen LogP contribution in [-0.2, 0) is 4.79 Å². The first-order valence-electron chi connectivity index (χ1n) is 6.91. The molecule has 0 aliphatic rings. The third kappa shape index (κ3) is 5.39. The molecule has 0 saturated heterocycles. The van der Waals surface area contributed by atoms with Gasteiger partial charge in [-0.1, -0.05) is 19.9 Å². The Morgan fingerprint density at radius 2 is 1.96 bits per heavy atom. The second-order valence-corrected chi connectivity index (χ2v) is 5.21. The predicted octanol–water partition coefficient (Wildman–Crippen LogP) is 2.53. The van der Waals surface area contributed by atoms with Crippen molar-refractivity contribution >= 4 is 11.9 Å². The van der Waals surface area contributed by atoms with Crippen molar-refractivity contribution in [1.29, 1.82) is 0 Å². The van der Waals surface area contributed by atoms with Crippen LogP contribution in [0.3, 0.4) is 0 Å². The van der Waals surface area contributed by atoms with Gasteiger partial charge >= 0.3 is 12.6 Å². The fourth-order valence-electron chi connectivity index (χ4n) is 1.99. The summed E-state index contributed by atoms with van der Waals surface area (Å²) in [5, 5.41) is 11.5. The average molecular weight is 331 g/mol. The third-order valence-corrected chi connectivity index (χ3v) is 2.96. The van der Waals surface area contributed by atoms with Gasteiger partial charge in [0.1, 0.15) is 6.04 Å². The summed E-state index contributed by atoms with van der Waals surface area (Å²) in [5.74, 6) is -2.48. The molecule has 0 saturated carbocycles. The number of carboxylic acid groups (broad SMARTS) is 1. The van der Waals surface area contributed by atoms with Gasteiger partial charge in [0.2, 0.25) is 0 Å². The number of benzene rings is 1. The lowest BCUT2D eigenvalue weighted by atomic mass is 10.0. The number of carbonyl (C=O) groups is 2. The number of carbonyl (C=O) groups excluding carboxylic acids is 1. The van der Waals surface area contributed by atoms with E-state index in [1.54, 1.807) is 13.8 Å². The monoisotopic (exact) mass is 331 g/mol. The van der Waals surface area contributed by atoms with Crippen molar-refractivity contribution in [2.45, 2.75) is 32.9 Å². The van der Waals surface area contributed by atoms with Gasteiger partial charge in [0.05, 0.1) is 12.7 Å². The molecule has 0 fully saturated rings. The molecule has 0 aromatic heterocycles. The van der Waals surface area contributed by atoms with Gasteiger partial charge in [-0.25, -0.2) is 4.79 Å². The predicted molar refractivity (Wildman–Crippen MR) is 78.0 cm³/mol. The zero-order chi connectivity index (χ0) is 17.6. The number of aliphatic carboxylic acids is 1. The van der Waals surface area contributed by atoms with Crippen LogP contribution >= 0.6 is 0 Å². The van der Waals surface area contributed by atoms with Gasteiger partial charge < -0.3 is 19.9 Å². The minimum Gasteiger partial charge on any atom is -0.493 e. The van der Waals surface area contributed by atoms with Crippen LogP contribution in [-0.4, -0.2) is 36.7 Å². The Labute approximate surface area is 132 Å². The van der Waals surface area contributed by atoms with E-state index in [0.717, 1.165) is 0 Å². The molecule has 0 aliphatic carbocycles. The number of ether oxygens (including phenoxy) is 2. The van der Waals surface area contributed by atoms with Gasteiger partial charge in [-0.3, -0.25) is 4.79 Å². The van der Waals surface area contributed by atoms with Crippen LogP contribution < -0.4 is 14.8 Å². The molecule has 1 aromatic rings. The van der Waals surface area contributed by atoms with Crippen LogP contribution in [0.5, 0.6) is 11.5 Å². The summed E-state index contributed by atoms with van der Waals surface area (Å²) in [6.07, 6.45) is 0.204. The maximum Gasteiger partial charge on any atom is 0.387 e. The Bertz CT molecular complexity index is 563. The molecule has 2 N–H and O–H groups in total. The molecule has 1 amide bonds. The van der Waals surface area contributed by atoms with Gasteiger partial charge in [-0.15, -0.1) is 0 Å². The topological polar surface area (TPSA) is 84.9 Å². The summed E-state index contributed by atoms with van der Waals surface area (Å²) in [6, 6.07) is 2.90. The van der Waals surface area contributed by atoms with Gasteiger partial charge in [-0.05, 0) is 24.5 Å². The number of hydrogen-bond donors (Lipinski definition) is 2. The van der Waals surface area contributed by atoms with E-state index in [0.29, 0.717) is 0 Å². The van der Waals surface area contributed by atoms with E-state index in [2.05, 4.69) is 10.1 Å². The maximum atomic E-state index is 12.5. The van der Waals surface area contributed by atoms with Crippen LogP contribution in [0.2, 0.25) is 0 Å². The number of carboxylic acids is 1. The molecular weight excluding hydrogens is 312 g/mol. The van der Waals surface area contributed by atoms with Crippen LogP contribution in [0.15, 0.2) is 18.2 Å². The summed E-state index contributed by atoms with van der Waals surface area (Å²) in [4.78, 5) is 23.5. The first-order chi connectivity index (χ1) is 10.8. The molecule has 1 atom stereocenters. The van der Waals surface area contributed by atoms with E-state index in [1.165, 1.54) is 25.3 Å². The van der Waals surface area contributed by atoms with Crippen LogP contribution in [0.4, 0.5) is 8.78 Å². The number of hydrogen-bond acceptors (Lipinski definition) is 4. The Morgan fingerprint density at radius 1 is 1.30 bits per heavy atom. The summed E-state index contributed by atoms with van der Waals surface area (Å²) in [7, 11) is 1.24. The summed E-state index contributed by atoms with van der Waals surface area (Å²) < 4.78 is 34.3. The second-order valence-electron chi connectivity index (χ2n) is 5.21. The minimum absolute atomic E-state index is 0.0264. The van der Waals surface area contributed by atoms with E-state index < -0.39 is 30.3 Å². The highest BCUT2D eigenvalue weighted by atomic mass is 19.3. The smallest absolute Gasteiger partial charge is 0.387 e.